The monoisotopic (exact) mass is 459 g/mol. The Hall–Kier alpha value is -2.87. The largest absolute Gasteiger partial charge is 0.493 e. The summed E-state index contributed by atoms with van der Waals surface area (Å²) in [7, 11) is 3.14. The first-order valence-electron chi connectivity index (χ1n) is 11.2. The Bertz CT molecular complexity index is 1140. The van der Waals surface area contributed by atoms with E-state index in [4.69, 9.17) is 14.2 Å². The normalized spacial score (nSPS) is 20.4. The lowest BCUT2D eigenvalue weighted by atomic mass is 9.63. The second-order valence-corrected chi connectivity index (χ2v) is 9.46. The zero-order valence-electron chi connectivity index (χ0n) is 19.4. The lowest BCUT2D eigenvalue weighted by Crippen LogP contribution is -2.40. The number of aromatic nitrogens is 1. The van der Waals surface area contributed by atoms with Gasteiger partial charge in [-0.15, -0.1) is 0 Å². The van der Waals surface area contributed by atoms with Crippen LogP contribution in [0.2, 0.25) is 0 Å². The number of methoxy groups -OCH3 is 2. The molecule has 1 aromatic carbocycles. The SMILES string of the molecule is COCCCOc1cc2c(cc1OC)-c1c(F)c(=O)c(C(=O)O)cn1[C@H]1[C@@H]2CCCC1(C)C. The van der Waals surface area contributed by atoms with Gasteiger partial charge in [0, 0.05) is 43.9 Å². The Kier molecular flexibility index (Phi) is 6.22. The number of hydrogen-bond donors (Lipinski definition) is 1. The number of nitrogens with zero attached hydrogens (tertiary/aromatic N) is 1. The molecule has 2 heterocycles. The molecular formula is C25H30FNO6. The molecule has 0 amide bonds. The van der Waals surface area contributed by atoms with Gasteiger partial charge in [-0.25, -0.2) is 9.18 Å². The van der Waals surface area contributed by atoms with Crippen LogP contribution in [0.1, 0.15) is 67.4 Å². The fourth-order valence-corrected chi connectivity index (χ4v) is 5.50. The van der Waals surface area contributed by atoms with E-state index in [2.05, 4.69) is 13.8 Å². The van der Waals surface area contributed by atoms with Gasteiger partial charge in [0.2, 0.25) is 5.43 Å². The van der Waals surface area contributed by atoms with Crippen molar-refractivity contribution in [1.82, 2.24) is 4.57 Å². The van der Waals surface area contributed by atoms with Crippen molar-refractivity contribution in [1.29, 1.82) is 0 Å². The number of carbonyl (C=O) groups is 1. The number of pyridine rings is 1. The molecular weight excluding hydrogens is 429 g/mol. The molecule has 33 heavy (non-hydrogen) atoms. The lowest BCUT2D eigenvalue weighted by Gasteiger charge is -2.49. The summed E-state index contributed by atoms with van der Waals surface area (Å²) in [5.41, 5.74) is -0.333. The minimum Gasteiger partial charge on any atom is -0.493 e. The predicted octanol–water partition coefficient (Wildman–Crippen LogP) is 4.62. The molecule has 1 N–H and O–H groups in total. The second-order valence-electron chi connectivity index (χ2n) is 9.46. The van der Waals surface area contributed by atoms with Crippen molar-refractivity contribution in [3.05, 3.63) is 45.5 Å². The molecule has 2 aromatic rings. The molecule has 2 aliphatic rings. The summed E-state index contributed by atoms with van der Waals surface area (Å²) in [5, 5.41) is 9.53. The Morgan fingerprint density at radius 3 is 2.67 bits per heavy atom. The van der Waals surface area contributed by atoms with Crippen molar-refractivity contribution < 1.29 is 28.5 Å². The number of carboxylic acid groups (broad SMARTS) is 1. The number of carboxylic acids is 1. The molecule has 0 unspecified atom stereocenters. The van der Waals surface area contributed by atoms with E-state index in [1.165, 1.54) is 13.3 Å². The van der Waals surface area contributed by atoms with Crippen molar-refractivity contribution in [2.45, 2.75) is 51.5 Å². The van der Waals surface area contributed by atoms with Crippen molar-refractivity contribution >= 4 is 5.97 Å². The van der Waals surface area contributed by atoms with Gasteiger partial charge in [0.15, 0.2) is 17.3 Å². The van der Waals surface area contributed by atoms with Crippen LogP contribution >= 0.6 is 0 Å². The van der Waals surface area contributed by atoms with Gasteiger partial charge >= 0.3 is 5.97 Å². The Balaban J connectivity index is 1.95. The smallest absolute Gasteiger partial charge is 0.341 e. The summed E-state index contributed by atoms with van der Waals surface area (Å²) in [6.45, 7) is 5.23. The average Bonchev–Trinajstić information content (AvgIpc) is 2.77. The number of hydrogen-bond acceptors (Lipinski definition) is 5. The van der Waals surface area contributed by atoms with E-state index in [0.29, 0.717) is 36.7 Å². The third-order valence-corrected chi connectivity index (χ3v) is 6.97. The zero-order valence-corrected chi connectivity index (χ0v) is 19.4. The molecule has 0 radical (unpaired) electrons. The van der Waals surface area contributed by atoms with E-state index in [-0.39, 0.29) is 23.1 Å². The van der Waals surface area contributed by atoms with E-state index in [9.17, 15) is 14.7 Å². The van der Waals surface area contributed by atoms with Gasteiger partial charge in [0.05, 0.1) is 19.4 Å². The summed E-state index contributed by atoms with van der Waals surface area (Å²) in [5.74, 6) is -1.46. The Morgan fingerprint density at radius 2 is 2.00 bits per heavy atom. The maximum atomic E-state index is 15.5. The molecule has 0 spiro atoms. The van der Waals surface area contributed by atoms with Crippen LogP contribution in [-0.2, 0) is 4.74 Å². The van der Waals surface area contributed by atoms with Gasteiger partial charge < -0.3 is 23.9 Å². The van der Waals surface area contributed by atoms with Crippen molar-refractivity contribution in [2.75, 3.05) is 27.4 Å². The fourth-order valence-electron chi connectivity index (χ4n) is 5.50. The summed E-state index contributed by atoms with van der Waals surface area (Å²) in [4.78, 5) is 24.3. The standard InChI is InChI=1S/C25H30FNO6/c1-25(2)8-5-7-14-15-11-19(33-10-6-9-31-3)18(32-4)12-16(15)21-20(26)22(28)17(24(29)30)13-27(21)23(14)25/h11-14,23H,5-10H2,1-4H3,(H,29,30)/t14-,23+/m1/s1. The van der Waals surface area contributed by atoms with Gasteiger partial charge in [-0.1, -0.05) is 20.3 Å². The average molecular weight is 460 g/mol. The molecule has 4 rings (SSSR count). The molecule has 1 aliphatic heterocycles. The molecule has 2 atom stereocenters. The van der Waals surface area contributed by atoms with Crippen LogP contribution in [0, 0.1) is 11.2 Å². The van der Waals surface area contributed by atoms with E-state index in [0.717, 1.165) is 24.8 Å². The minimum atomic E-state index is -1.43. The van der Waals surface area contributed by atoms with Gasteiger partial charge in [0.25, 0.3) is 0 Å². The van der Waals surface area contributed by atoms with Gasteiger partial charge in [-0.2, -0.15) is 0 Å². The molecule has 1 saturated carbocycles. The quantitative estimate of drug-likeness (QED) is 0.608. The number of halogens is 1. The van der Waals surface area contributed by atoms with E-state index < -0.39 is 22.8 Å². The van der Waals surface area contributed by atoms with E-state index in [1.54, 1.807) is 17.7 Å². The summed E-state index contributed by atoms with van der Waals surface area (Å²) in [6, 6.07) is 3.41. The fraction of sp³-hybridized carbons (Fsp3) is 0.520. The van der Waals surface area contributed by atoms with E-state index in [1.807, 2.05) is 6.07 Å². The van der Waals surface area contributed by atoms with Crippen LogP contribution in [0.3, 0.4) is 0 Å². The maximum absolute atomic E-state index is 15.5. The third kappa shape index (κ3) is 3.90. The van der Waals surface area contributed by atoms with Crippen LogP contribution in [0.25, 0.3) is 11.3 Å². The van der Waals surface area contributed by atoms with Crippen molar-refractivity contribution in [2.24, 2.45) is 5.41 Å². The van der Waals surface area contributed by atoms with Gasteiger partial charge in [0.1, 0.15) is 5.56 Å². The highest BCUT2D eigenvalue weighted by Crippen LogP contribution is 2.58. The summed E-state index contributed by atoms with van der Waals surface area (Å²) < 4.78 is 33.8. The van der Waals surface area contributed by atoms with Crippen LogP contribution in [0.5, 0.6) is 11.5 Å². The number of aromatic carboxylic acids is 1. The molecule has 7 nitrogen and oxygen atoms in total. The molecule has 8 heteroatoms. The second kappa shape index (κ2) is 8.82. The van der Waals surface area contributed by atoms with Crippen molar-refractivity contribution in [3.8, 4) is 22.8 Å². The van der Waals surface area contributed by atoms with Crippen molar-refractivity contribution in [3.63, 3.8) is 0 Å². The molecule has 0 bridgehead atoms. The molecule has 0 saturated heterocycles. The molecule has 1 aliphatic carbocycles. The first kappa shape index (κ1) is 23.3. The van der Waals surface area contributed by atoms with Crippen LogP contribution in [-0.4, -0.2) is 43.1 Å². The molecule has 1 fully saturated rings. The van der Waals surface area contributed by atoms with Crippen LogP contribution in [0.4, 0.5) is 4.39 Å². The Morgan fingerprint density at radius 1 is 1.24 bits per heavy atom. The molecule has 178 valence electrons. The molecule has 1 aromatic heterocycles. The summed E-state index contributed by atoms with van der Waals surface area (Å²) >= 11 is 0. The van der Waals surface area contributed by atoms with Crippen LogP contribution in [0.15, 0.2) is 23.1 Å². The highest BCUT2D eigenvalue weighted by molar-refractivity contribution is 5.88. The highest BCUT2D eigenvalue weighted by atomic mass is 19.1. The van der Waals surface area contributed by atoms with Gasteiger partial charge in [-0.05, 0) is 36.0 Å². The first-order chi connectivity index (χ1) is 15.7. The first-order valence-corrected chi connectivity index (χ1v) is 11.2. The maximum Gasteiger partial charge on any atom is 0.341 e. The van der Waals surface area contributed by atoms with Gasteiger partial charge in [-0.3, -0.25) is 4.79 Å². The van der Waals surface area contributed by atoms with E-state index >= 15 is 4.39 Å². The number of fused-ring (bicyclic) bond motifs is 6. The number of ether oxygens (including phenoxy) is 3. The third-order valence-electron chi connectivity index (χ3n) is 6.97. The van der Waals surface area contributed by atoms with Crippen LogP contribution < -0.4 is 14.9 Å². The zero-order chi connectivity index (χ0) is 23.9. The Labute approximate surface area is 192 Å². The topological polar surface area (TPSA) is 87.0 Å². The highest BCUT2D eigenvalue weighted by Gasteiger charge is 2.46. The number of benzene rings is 1. The lowest BCUT2D eigenvalue weighted by molar-refractivity contribution is 0.0689. The summed E-state index contributed by atoms with van der Waals surface area (Å²) in [6.07, 6.45) is 4.80. The minimum absolute atomic E-state index is 0.0204. The number of rotatable bonds is 7. The predicted molar refractivity (Wildman–Crippen MR) is 121 cm³/mol.